The Bertz CT molecular complexity index is 525. The Hall–Kier alpha value is -1.56. The zero-order chi connectivity index (χ0) is 14.7. The van der Waals surface area contributed by atoms with Gasteiger partial charge in [-0.05, 0) is 46.8 Å². The van der Waals surface area contributed by atoms with Gasteiger partial charge < -0.3 is 15.7 Å². The van der Waals surface area contributed by atoms with Gasteiger partial charge in [0.25, 0.3) is 5.91 Å². The van der Waals surface area contributed by atoms with Gasteiger partial charge in [-0.2, -0.15) is 0 Å². The number of benzene rings is 1. The minimum Gasteiger partial charge on any atom is -0.481 e. The van der Waals surface area contributed by atoms with Crippen LogP contribution < -0.4 is 10.6 Å². The third-order valence-corrected chi connectivity index (χ3v) is 4.32. The molecule has 108 valence electrons. The first-order valence-corrected chi connectivity index (χ1v) is 7.33. The number of carbonyl (C=O) groups excluding carboxylic acids is 1. The van der Waals surface area contributed by atoms with Crippen molar-refractivity contribution in [1.82, 2.24) is 0 Å². The molecule has 1 amide bonds. The quantitative estimate of drug-likeness (QED) is 0.880. The molecular weight excluding hydrogens is 324 g/mol. The van der Waals surface area contributed by atoms with Crippen molar-refractivity contribution in [2.75, 3.05) is 18.0 Å². The van der Waals surface area contributed by atoms with Crippen molar-refractivity contribution in [1.29, 1.82) is 0 Å². The topological polar surface area (TPSA) is 83.6 Å². The minimum absolute atomic E-state index is 0.216. The Balaban J connectivity index is 2.13. The fraction of sp³-hybridized carbons (Fsp3) is 0.429. The van der Waals surface area contributed by atoms with E-state index in [2.05, 4.69) is 20.8 Å². The van der Waals surface area contributed by atoms with Crippen LogP contribution in [0.25, 0.3) is 0 Å². The summed E-state index contributed by atoms with van der Waals surface area (Å²) in [6, 6.07) is 5.54. The molecule has 0 spiro atoms. The average molecular weight is 341 g/mol. The van der Waals surface area contributed by atoms with Gasteiger partial charge in [0.1, 0.15) is 0 Å². The average Bonchev–Trinajstić information content (AvgIpc) is 2.38. The molecule has 0 saturated carbocycles. The van der Waals surface area contributed by atoms with Gasteiger partial charge in [-0.25, -0.2) is 0 Å². The number of nitrogens with zero attached hydrogens (tertiary/aromatic N) is 1. The summed E-state index contributed by atoms with van der Waals surface area (Å²) in [6.45, 7) is 1.49. The number of nitrogens with two attached hydrogens (primary N) is 1. The zero-order valence-corrected chi connectivity index (χ0v) is 12.6. The maximum atomic E-state index is 11.6. The van der Waals surface area contributed by atoms with E-state index in [-0.39, 0.29) is 12.3 Å². The maximum Gasteiger partial charge on any atom is 0.303 e. The van der Waals surface area contributed by atoms with Crippen molar-refractivity contribution in [3.63, 3.8) is 0 Å². The predicted octanol–water partition coefficient (Wildman–Crippen LogP) is 2.24. The van der Waals surface area contributed by atoms with E-state index in [0.29, 0.717) is 10.0 Å². The Morgan fingerprint density at radius 2 is 2.00 bits per heavy atom. The molecule has 2 rings (SSSR count). The number of halogens is 1. The number of piperidine rings is 1. The van der Waals surface area contributed by atoms with E-state index in [1.165, 1.54) is 0 Å². The largest absolute Gasteiger partial charge is 0.481 e. The Morgan fingerprint density at radius 3 is 2.55 bits per heavy atom. The molecule has 1 aliphatic heterocycles. The highest BCUT2D eigenvalue weighted by atomic mass is 79.9. The molecule has 0 aliphatic carbocycles. The highest BCUT2D eigenvalue weighted by Gasteiger charge is 2.24. The van der Waals surface area contributed by atoms with E-state index < -0.39 is 11.9 Å². The molecule has 1 saturated heterocycles. The van der Waals surface area contributed by atoms with E-state index in [1.54, 1.807) is 6.07 Å². The van der Waals surface area contributed by atoms with E-state index >= 15 is 0 Å². The molecule has 0 unspecified atom stereocenters. The molecule has 20 heavy (non-hydrogen) atoms. The van der Waals surface area contributed by atoms with Crippen LogP contribution in [0, 0.1) is 5.92 Å². The summed E-state index contributed by atoms with van der Waals surface area (Å²) in [6.07, 6.45) is 1.85. The van der Waals surface area contributed by atoms with Gasteiger partial charge in [-0.3, -0.25) is 9.59 Å². The Morgan fingerprint density at radius 1 is 1.35 bits per heavy atom. The predicted molar refractivity (Wildman–Crippen MR) is 79.8 cm³/mol. The first-order valence-electron chi connectivity index (χ1n) is 6.54. The second-order valence-electron chi connectivity index (χ2n) is 5.03. The lowest BCUT2D eigenvalue weighted by Crippen LogP contribution is -2.35. The van der Waals surface area contributed by atoms with Gasteiger partial charge in [0, 0.05) is 24.0 Å². The van der Waals surface area contributed by atoms with Crippen LogP contribution in [-0.4, -0.2) is 30.1 Å². The van der Waals surface area contributed by atoms with Crippen LogP contribution in [0.4, 0.5) is 5.69 Å². The molecule has 5 nitrogen and oxygen atoms in total. The number of hydrogen-bond acceptors (Lipinski definition) is 3. The van der Waals surface area contributed by atoms with Crippen molar-refractivity contribution < 1.29 is 14.7 Å². The van der Waals surface area contributed by atoms with Crippen molar-refractivity contribution >= 4 is 33.5 Å². The number of primary amides is 1. The molecule has 1 aliphatic rings. The summed E-state index contributed by atoms with van der Waals surface area (Å²) in [5.41, 5.74) is 6.75. The molecule has 1 aromatic rings. The zero-order valence-electron chi connectivity index (χ0n) is 11.0. The summed E-state index contributed by atoms with van der Waals surface area (Å²) >= 11 is 3.35. The first-order chi connectivity index (χ1) is 9.49. The SMILES string of the molecule is NC(=O)c1c(Br)cccc1N1CCC(CC(=O)O)CC1. The highest BCUT2D eigenvalue weighted by molar-refractivity contribution is 9.10. The Kier molecular flexibility index (Phi) is 4.65. The number of hydrogen-bond donors (Lipinski definition) is 2. The third-order valence-electron chi connectivity index (χ3n) is 3.66. The van der Waals surface area contributed by atoms with Crippen molar-refractivity contribution in [2.24, 2.45) is 11.7 Å². The summed E-state index contributed by atoms with van der Waals surface area (Å²) in [5, 5.41) is 8.82. The summed E-state index contributed by atoms with van der Waals surface area (Å²) in [5.74, 6) is -0.989. The molecule has 1 heterocycles. The lowest BCUT2D eigenvalue weighted by atomic mass is 9.93. The molecular formula is C14H17BrN2O3. The molecule has 1 fully saturated rings. The lowest BCUT2D eigenvalue weighted by molar-refractivity contribution is -0.138. The molecule has 1 aromatic carbocycles. The standard InChI is InChI=1S/C14H17BrN2O3/c15-10-2-1-3-11(13(10)14(16)20)17-6-4-9(5-7-17)8-12(18)19/h1-3,9H,4-8H2,(H2,16,20)(H,18,19). The smallest absolute Gasteiger partial charge is 0.303 e. The van der Waals surface area contributed by atoms with E-state index in [9.17, 15) is 9.59 Å². The number of carboxylic acid groups (broad SMARTS) is 1. The van der Waals surface area contributed by atoms with E-state index in [0.717, 1.165) is 31.6 Å². The Labute approximate surface area is 125 Å². The minimum atomic E-state index is -0.747. The molecule has 6 heteroatoms. The fourth-order valence-corrected chi connectivity index (χ4v) is 3.20. The van der Waals surface area contributed by atoms with Crippen LogP contribution in [0.1, 0.15) is 29.6 Å². The molecule has 0 bridgehead atoms. The van der Waals surface area contributed by atoms with Crippen LogP contribution in [-0.2, 0) is 4.79 Å². The van der Waals surface area contributed by atoms with Crippen LogP contribution in [0.2, 0.25) is 0 Å². The van der Waals surface area contributed by atoms with Crippen LogP contribution in [0.5, 0.6) is 0 Å². The first kappa shape index (κ1) is 14.8. The highest BCUT2D eigenvalue weighted by Crippen LogP contribution is 2.31. The van der Waals surface area contributed by atoms with Crippen molar-refractivity contribution in [3.05, 3.63) is 28.2 Å². The summed E-state index contributed by atoms with van der Waals surface area (Å²) < 4.78 is 0.690. The number of rotatable bonds is 4. The second-order valence-corrected chi connectivity index (χ2v) is 5.88. The van der Waals surface area contributed by atoms with Gasteiger partial charge in [0.2, 0.25) is 0 Å². The summed E-state index contributed by atoms with van der Waals surface area (Å²) in [7, 11) is 0. The molecule has 3 N–H and O–H groups in total. The molecule has 0 atom stereocenters. The number of anilines is 1. The number of aliphatic carboxylic acids is 1. The van der Waals surface area contributed by atoms with Crippen molar-refractivity contribution in [2.45, 2.75) is 19.3 Å². The molecule has 0 radical (unpaired) electrons. The van der Waals surface area contributed by atoms with Gasteiger partial charge in [0.05, 0.1) is 11.3 Å². The fourth-order valence-electron chi connectivity index (χ4n) is 2.65. The van der Waals surface area contributed by atoms with Gasteiger partial charge in [-0.15, -0.1) is 0 Å². The van der Waals surface area contributed by atoms with E-state index in [1.807, 2.05) is 12.1 Å². The van der Waals surface area contributed by atoms with Crippen LogP contribution in [0.15, 0.2) is 22.7 Å². The molecule has 0 aromatic heterocycles. The van der Waals surface area contributed by atoms with Crippen LogP contribution in [0.3, 0.4) is 0 Å². The number of carbonyl (C=O) groups is 2. The van der Waals surface area contributed by atoms with Crippen LogP contribution >= 0.6 is 15.9 Å². The van der Waals surface area contributed by atoms with Gasteiger partial charge in [-0.1, -0.05) is 6.07 Å². The van der Waals surface area contributed by atoms with Gasteiger partial charge >= 0.3 is 5.97 Å². The second kappa shape index (κ2) is 6.26. The number of carboxylic acids is 1. The normalized spacial score (nSPS) is 16.1. The van der Waals surface area contributed by atoms with E-state index in [4.69, 9.17) is 10.8 Å². The van der Waals surface area contributed by atoms with Gasteiger partial charge in [0.15, 0.2) is 0 Å². The lowest BCUT2D eigenvalue weighted by Gasteiger charge is -2.34. The third kappa shape index (κ3) is 3.30. The number of amides is 1. The monoisotopic (exact) mass is 340 g/mol. The maximum absolute atomic E-state index is 11.6. The van der Waals surface area contributed by atoms with Crippen molar-refractivity contribution in [3.8, 4) is 0 Å². The summed E-state index contributed by atoms with van der Waals surface area (Å²) in [4.78, 5) is 24.4.